The van der Waals surface area contributed by atoms with E-state index in [4.69, 9.17) is 0 Å². The van der Waals surface area contributed by atoms with Gasteiger partial charge in [-0.15, -0.1) is 11.3 Å². The molecule has 2 aromatic carbocycles. The van der Waals surface area contributed by atoms with Crippen LogP contribution in [0.4, 0.5) is 0 Å². The standard InChI is InChI=1S/C19H18OS/c20-19(18-12-15-7-3-4-8-17(15)21-18)16-10-9-13-5-1-2-6-14(13)11-16/h3-4,7-12,19-20H,1-2,5-6H2. The third-order valence-corrected chi connectivity index (χ3v) is 5.57. The average Bonchev–Trinajstić information content (AvgIpc) is 2.97. The highest BCUT2D eigenvalue weighted by molar-refractivity contribution is 7.19. The molecule has 1 N–H and O–H groups in total. The molecule has 2 heteroatoms. The van der Waals surface area contributed by atoms with Gasteiger partial charge in [-0.25, -0.2) is 0 Å². The van der Waals surface area contributed by atoms with Crippen LogP contribution in [-0.4, -0.2) is 5.11 Å². The van der Waals surface area contributed by atoms with Crippen molar-refractivity contribution in [2.24, 2.45) is 0 Å². The molecule has 0 spiro atoms. The second-order valence-electron chi connectivity index (χ2n) is 5.82. The van der Waals surface area contributed by atoms with Crippen molar-refractivity contribution in [2.45, 2.75) is 31.8 Å². The van der Waals surface area contributed by atoms with E-state index in [9.17, 15) is 5.11 Å². The lowest BCUT2D eigenvalue weighted by atomic mass is 9.89. The quantitative estimate of drug-likeness (QED) is 0.715. The molecular formula is C19H18OS. The number of benzene rings is 2. The molecule has 0 fully saturated rings. The van der Waals surface area contributed by atoms with Crippen LogP contribution in [0.5, 0.6) is 0 Å². The summed E-state index contributed by atoms with van der Waals surface area (Å²) in [6.45, 7) is 0. The van der Waals surface area contributed by atoms with Gasteiger partial charge in [0.1, 0.15) is 6.10 Å². The molecule has 1 atom stereocenters. The smallest absolute Gasteiger partial charge is 0.113 e. The zero-order chi connectivity index (χ0) is 14.2. The maximum Gasteiger partial charge on any atom is 0.113 e. The Bertz CT molecular complexity index is 754. The normalized spacial score (nSPS) is 15.9. The first-order valence-corrected chi connectivity index (χ1v) is 8.41. The summed E-state index contributed by atoms with van der Waals surface area (Å²) in [6.07, 6.45) is 4.41. The number of thiophene rings is 1. The van der Waals surface area contributed by atoms with Gasteiger partial charge >= 0.3 is 0 Å². The molecule has 0 saturated carbocycles. The van der Waals surface area contributed by atoms with E-state index in [1.807, 2.05) is 12.1 Å². The van der Waals surface area contributed by atoms with Gasteiger partial charge in [0.15, 0.2) is 0 Å². The summed E-state index contributed by atoms with van der Waals surface area (Å²) in [7, 11) is 0. The van der Waals surface area contributed by atoms with Crippen molar-refractivity contribution in [1.29, 1.82) is 0 Å². The number of aliphatic hydroxyl groups is 1. The van der Waals surface area contributed by atoms with Crippen LogP contribution in [-0.2, 0) is 12.8 Å². The van der Waals surface area contributed by atoms with Gasteiger partial charge in [0.2, 0.25) is 0 Å². The van der Waals surface area contributed by atoms with Crippen LogP contribution >= 0.6 is 11.3 Å². The van der Waals surface area contributed by atoms with Gasteiger partial charge in [0, 0.05) is 9.58 Å². The minimum Gasteiger partial charge on any atom is -0.383 e. The van der Waals surface area contributed by atoms with E-state index < -0.39 is 6.10 Å². The predicted octanol–water partition coefficient (Wildman–Crippen LogP) is 4.86. The Morgan fingerprint density at radius 3 is 2.57 bits per heavy atom. The number of hydrogen-bond acceptors (Lipinski definition) is 2. The minimum absolute atomic E-state index is 0.505. The summed E-state index contributed by atoms with van der Waals surface area (Å²) in [6, 6.07) is 16.9. The van der Waals surface area contributed by atoms with Crippen molar-refractivity contribution < 1.29 is 5.11 Å². The predicted molar refractivity (Wildman–Crippen MR) is 89.0 cm³/mol. The van der Waals surface area contributed by atoms with Crippen LogP contribution < -0.4 is 0 Å². The fourth-order valence-electron chi connectivity index (χ4n) is 3.22. The average molecular weight is 294 g/mol. The Kier molecular flexibility index (Phi) is 3.28. The lowest BCUT2D eigenvalue weighted by molar-refractivity contribution is 0.224. The molecule has 1 aliphatic rings. The van der Waals surface area contributed by atoms with Crippen LogP contribution in [0.25, 0.3) is 10.1 Å². The fraction of sp³-hybridized carbons (Fsp3) is 0.263. The maximum absolute atomic E-state index is 10.7. The van der Waals surface area contributed by atoms with Gasteiger partial charge in [-0.3, -0.25) is 0 Å². The number of aliphatic hydroxyl groups excluding tert-OH is 1. The summed E-state index contributed by atoms with van der Waals surface area (Å²) in [5.74, 6) is 0. The SMILES string of the molecule is OC(c1ccc2c(c1)CCCC2)c1cc2ccccc2s1. The summed E-state index contributed by atoms with van der Waals surface area (Å²) in [5.41, 5.74) is 3.93. The van der Waals surface area contributed by atoms with Crippen molar-refractivity contribution >= 4 is 21.4 Å². The first-order chi connectivity index (χ1) is 10.3. The second-order valence-corrected chi connectivity index (χ2v) is 6.94. The highest BCUT2D eigenvalue weighted by Crippen LogP contribution is 2.34. The monoisotopic (exact) mass is 294 g/mol. The zero-order valence-corrected chi connectivity index (χ0v) is 12.7. The van der Waals surface area contributed by atoms with E-state index in [0.29, 0.717) is 0 Å². The number of aryl methyl sites for hydroxylation is 2. The Balaban J connectivity index is 1.71. The molecule has 0 bridgehead atoms. The van der Waals surface area contributed by atoms with Gasteiger partial charge in [-0.2, -0.15) is 0 Å². The summed E-state index contributed by atoms with van der Waals surface area (Å²) in [4.78, 5) is 1.03. The molecule has 0 amide bonds. The van der Waals surface area contributed by atoms with E-state index in [1.54, 1.807) is 11.3 Å². The van der Waals surface area contributed by atoms with Gasteiger partial charge in [0.05, 0.1) is 0 Å². The highest BCUT2D eigenvalue weighted by Gasteiger charge is 2.16. The molecule has 0 radical (unpaired) electrons. The maximum atomic E-state index is 10.7. The Morgan fingerprint density at radius 2 is 1.71 bits per heavy atom. The van der Waals surface area contributed by atoms with Gasteiger partial charge in [-0.1, -0.05) is 36.4 Å². The van der Waals surface area contributed by atoms with Crippen molar-refractivity contribution in [3.63, 3.8) is 0 Å². The van der Waals surface area contributed by atoms with Gasteiger partial charge in [-0.05, 0) is 59.9 Å². The lowest BCUT2D eigenvalue weighted by Gasteiger charge is -2.18. The molecule has 1 aromatic heterocycles. The van der Waals surface area contributed by atoms with E-state index in [-0.39, 0.29) is 0 Å². The van der Waals surface area contributed by atoms with Gasteiger partial charge in [0.25, 0.3) is 0 Å². The third kappa shape index (κ3) is 2.39. The third-order valence-electron chi connectivity index (χ3n) is 4.40. The molecule has 1 unspecified atom stereocenters. The molecule has 106 valence electrons. The fourth-order valence-corrected chi connectivity index (χ4v) is 4.30. The molecule has 1 nitrogen and oxygen atoms in total. The Morgan fingerprint density at radius 1 is 0.905 bits per heavy atom. The van der Waals surface area contributed by atoms with Gasteiger partial charge < -0.3 is 5.11 Å². The molecule has 0 aliphatic heterocycles. The molecule has 21 heavy (non-hydrogen) atoms. The topological polar surface area (TPSA) is 20.2 Å². The number of fused-ring (bicyclic) bond motifs is 2. The van der Waals surface area contributed by atoms with Crippen molar-refractivity contribution in [2.75, 3.05) is 0 Å². The summed E-state index contributed by atoms with van der Waals surface area (Å²) in [5, 5.41) is 11.9. The van der Waals surface area contributed by atoms with Crippen molar-refractivity contribution in [3.8, 4) is 0 Å². The van der Waals surface area contributed by atoms with Crippen LogP contribution in [0.15, 0.2) is 48.5 Å². The largest absolute Gasteiger partial charge is 0.383 e. The summed E-state index contributed by atoms with van der Waals surface area (Å²) < 4.78 is 1.24. The first-order valence-electron chi connectivity index (χ1n) is 7.59. The van der Waals surface area contributed by atoms with E-state index in [2.05, 4.69) is 36.4 Å². The first kappa shape index (κ1) is 13.1. The Labute approximate surface area is 128 Å². The van der Waals surface area contributed by atoms with E-state index >= 15 is 0 Å². The van der Waals surface area contributed by atoms with Crippen LogP contribution in [0.3, 0.4) is 0 Å². The number of hydrogen-bond donors (Lipinski definition) is 1. The number of rotatable bonds is 2. The minimum atomic E-state index is -0.505. The molecular weight excluding hydrogens is 276 g/mol. The molecule has 1 aliphatic carbocycles. The molecule has 3 aromatic rings. The Hall–Kier alpha value is -1.64. The molecule has 4 rings (SSSR count). The van der Waals surface area contributed by atoms with Crippen molar-refractivity contribution in [1.82, 2.24) is 0 Å². The highest BCUT2D eigenvalue weighted by atomic mass is 32.1. The van der Waals surface area contributed by atoms with E-state index in [1.165, 1.54) is 40.5 Å². The van der Waals surface area contributed by atoms with Crippen LogP contribution in [0, 0.1) is 0 Å². The van der Waals surface area contributed by atoms with Crippen LogP contribution in [0.1, 0.15) is 40.5 Å². The lowest BCUT2D eigenvalue weighted by Crippen LogP contribution is -2.05. The van der Waals surface area contributed by atoms with Crippen molar-refractivity contribution in [3.05, 3.63) is 70.1 Å². The summed E-state index contributed by atoms with van der Waals surface area (Å²) >= 11 is 1.69. The molecule has 1 heterocycles. The molecule has 0 saturated heterocycles. The van der Waals surface area contributed by atoms with Crippen LogP contribution in [0.2, 0.25) is 0 Å². The second kappa shape index (κ2) is 5.28. The van der Waals surface area contributed by atoms with E-state index in [0.717, 1.165) is 16.9 Å². The zero-order valence-electron chi connectivity index (χ0n) is 11.9.